The van der Waals surface area contributed by atoms with Crippen molar-refractivity contribution in [2.75, 3.05) is 31.6 Å². The molecule has 0 aliphatic rings. The molecule has 0 aromatic heterocycles. The summed E-state index contributed by atoms with van der Waals surface area (Å²) in [6.07, 6.45) is 0. The van der Waals surface area contributed by atoms with Crippen molar-refractivity contribution in [3.8, 4) is 5.75 Å². The van der Waals surface area contributed by atoms with Gasteiger partial charge in [0.25, 0.3) is 11.8 Å². The Balaban J connectivity index is 1.79. The van der Waals surface area contributed by atoms with Gasteiger partial charge in [-0.05, 0) is 41.8 Å². The number of nitrogens with one attached hydrogen (secondary N) is 4. The monoisotopic (exact) mass is 582 g/mol. The first-order chi connectivity index (χ1) is 19.2. The predicted octanol–water partition coefficient (Wildman–Crippen LogP) is 3.08. The molecule has 0 heterocycles. The molecule has 0 unspecified atom stereocenters. The molecule has 6 N–H and O–H groups in total. The first-order valence-corrected chi connectivity index (χ1v) is 13.6. The molecule has 12 heteroatoms. The molecule has 3 rings (SSSR count). The van der Waals surface area contributed by atoms with Crippen LogP contribution in [0.3, 0.4) is 0 Å². The number of carbonyl (C=O) groups excluding carboxylic acids is 3. The number of amides is 3. The molecule has 0 saturated heterocycles. The highest BCUT2D eigenvalue weighted by Gasteiger charge is 2.17. The molecule has 0 bridgehead atoms. The lowest BCUT2D eigenvalue weighted by molar-refractivity contribution is -0.122. The zero-order chi connectivity index (χ0) is 29.1. The van der Waals surface area contributed by atoms with Crippen molar-refractivity contribution < 1.29 is 19.1 Å². The zero-order valence-electron chi connectivity index (χ0n) is 22.1. The van der Waals surface area contributed by atoms with Crippen LogP contribution >= 0.6 is 23.5 Å². The molecule has 0 saturated carbocycles. The molecule has 3 aromatic carbocycles. The molecule has 0 aliphatic heterocycles. The number of amidine groups is 1. The van der Waals surface area contributed by atoms with Gasteiger partial charge in [-0.1, -0.05) is 54.1 Å². The molecule has 210 valence electrons. The van der Waals surface area contributed by atoms with Gasteiger partial charge in [0.05, 0.1) is 0 Å². The van der Waals surface area contributed by atoms with Crippen molar-refractivity contribution >= 4 is 52.8 Å². The van der Waals surface area contributed by atoms with Crippen LogP contribution in [0, 0.1) is 5.41 Å². The number of nitrogen functional groups attached to an aromatic ring is 1. The average molecular weight is 583 g/mol. The smallest absolute Gasteiger partial charge is 0.257 e. The van der Waals surface area contributed by atoms with Crippen LogP contribution in [-0.4, -0.2) is 50.8 Å². The summed E-state index contributed by atoms with van der Waals surface area (Å²) in [4.78, 5) is 37.1. The third-order valence-electron chi connectivity index (χ3n) is 5.68. The number of ether oxygens (including phenoxy) is 1. The maximum Gasteiger partial charge on any atom is 0.257 e. The Hall–Kier alpha value is -4.22. The highest BCUT2D eigenvalue weighted by atomic mass is 35.5. The van der Waals surface area contributed by atoms with Gasteiger partial charge in [-0.15, -0.1) is 0 Å². The first kappa shape index (κ1) is 30.3. The van der Waals surface area contributed by atoms with E-state index in [1.54, 1.807) is 47.8 Å². The summed E-state index contributed by atoms with van der Waals surface area (Å²) in [6.45, 7) is -0.102. The van der Waals surface area contributed by atoms with Crippen molar-refractivity contribution in [1.29, 1.82) is 5.41 Å². The number of hydrogen-bond donors (Lipinski definition) is 5. The minimum absolute atomic E-state index is 0.0595. The Kier molecular flexibility index (Phi) is 11.2. The Morgan fingerprint density at radius 1 is 0.975 bits per heavy atom. The number of halogens is 1. The summed E-state index contributed by atoms with van der Waals surface area (Å²) < 4.78 is 7.41. The van der Waals surface area contributed by atoms with E-state index >= 15 is 0 Å². The minimum Gasteiger partial charge on any atom is -0.483 e. The van der Waals surface area contributed by atoms with Gasteiger partial charge >= 0.3 is 0 Å². The zero-order valence-corrected chi connectivity index (χ0v) is 23.7. The summed E-state index contributed by atoms with van der Waals surface area (Å²) in [5.41, 5.74) is 8.59. The normalized spacial score (nSPS) is 10.4. The van der Waals surface area contributed by atoms with E-state index < -0.39 is 5.91 Å². The van der Waals surface area contributed by atoms with Crippen LogP contribution in [0.5, 0.6) is 5.75 Å². The molecule has 3 amide bonds. The van der Waals surface area contributed by atoms with Crippen molar-refractivity contribution in [2.24, 2.45) is 5.73 Å². The van der Waals surface area contributed by atoms with Gasteiger partial charge in [0.15, 0.2) is 6.61 Å². The van der Waals surface area contributed by atoms with Gasteiger partial charge in [0.1, 0.15) is 18.1 Å². The maximum atomic E-state index is 13.2. The van der Waals surface area contributed by atoms with Crippen molar-refractivity contribution in [3.63, 3.8) is 0 Å². The van der Waals surface area contributed by atoms with E-state index in [2.05, 4.69) is 16.0 Å². The second kappa shape index (κ2) is 14.8. The van der Waals surface area contributed by atoms with Crippen molar-refractivity contribution in [1.82, 2.24) is 16.0 Å². The van der Waals surface area contributed by atoms with E-state index in [-0.39, 0.29) is 37.3 Å². The van der Waals surface area contributed by atoms with Crippen molar-refractivity contribution in [2.45, 2.75) is 12.3 Å². The van der Waals surface area contributed by atoms with Crippen LogP contribution in [0.25, 0.3) is 0 Å². The van der Waals surface area contributed by atoms with E-state index in [1.165, 1.54) is 19.0 Å². The van der Waals surface area contributed by atoms with Crippen molar-refractivity contribution in [3.05, 3.63) is 94.0 Å². The molecule has 0 radical (unpaired) electrons. The minimum atomic E-state index is -0.399. The number of anilines is 1. The number of likely N-dealkylation sites (N-methyl/N-ethyl adjacent to an activating group) is 2. The van der Waals surface area contributed by atoms with Gasteiger partial charge < -0.3 is 30.7 Å². The van der Waals surface area contributed by atoms with Gasteiger partial charge in [0, 0.05) is 53.8 Å². The molecule has 40 heavy (non-hydrogen) atoms. The van der Waals surface area contributed by atoms with E-state index in [1.807, 2.05) is 30.3 Å². The van der Waals surface area contributed by atoms with Crippen LogP contribution in [0.4, 0.5) is 5.69 Å². The van der Waals surface area contributed by atoms with Gasteiger partial charge in [0.2, 0.25) is 5.91 Å². The molecule has 0 spiro atoms. The lowest BCUT2D eigenvalue weighted by Crippen LogP contribution is -2.32. The van der Waals surface area contributed by atoms with Gasteiger partial charge in [-0.2, -0.15) is 0 Å². The molecule has 0 atom stereocenters. The Morgan fingerprint density at radius 2 is 1.70 bits per heavy atom. The second-order valence-electron chi connectivity index (χ2n) is 8.55. The summed E-state index contributed by atoms with van der Waals surface area (Å²) in [5.74, 6) is -0.146. The number of nitrogens with two attached hydrogens (primary N) is 1. The SMILES string of the molecule is CNC(=O)COc1cc(C(=N)N)ccc1CNC(=O)c1cc(Cl)cc(N(CC(=O)NC)SCc2ccccc2)c1. The lowest BCUT2D eigenvalue weighted by atomic mass is 10.1. The Labute approximate surface area is 242 Å². The van der Waals surface area contributed by atoms with Gasteiger partial charge in [-0.25, -0.2) is 0 Å². The number of benzene rings is 3. The third-order valence-corrected chi connectivity index (χ3v) is 7.02. The van der Waals surface area contributed by atoms with Crippen LogP contribution in [0.15, 0.2) is 66.7 Å². The summed E-state index contributed by atoms with van der Waals surface area (Å²) in [5, 5.41) is 16.0. The molecule has 0 fully saturated rings. The van der Waals surface area contributed by atoms with E-state index in [0.29, 0.717) is 38.9 Å². The molecule has 3 aromatic rings. The highest BCUT2D eigenvalue weighted by molar-refractivity contribution is 7.99. The Morgan fingerprint density at radius 3 is 2.38 bits per heavy atom. The summed E-state index contributed by atoms with van der Waals surface area (Å²) >= 11 is 7.82. The summed E-state index contributed by atoms with van der Waals surface area (Å²) in [6, 6.07) is 19.6. The highest BCUT2D eigenvalue weighted by Crippen LogP contribution is 2.29. The van der Waals surface area contributed by atoms with E-state index in [0.717, 1.165) is 5.56 Å². The fourth-order valence-electron chi connectivity index (χ4n) is 3.49. The van der Waals surface area contributed by atoms with Crippen LogP contribution in [0.1, 0.15) is 27.0 Å². The van der Waals surface area contributed by atoms with Gasteiger partial charge in [-0.3, -0.25) is 19.8 Å². The first-order valence-electron chi connectivity index (χ1n) is 12.2. The van der Waals surface area contributed by atoms with E-state index in [4.69, 9.17) is 27.5 Å². The topological polar surface area (TPSA) is 150 Å². The predicted molar refractivity (Wildman–Crippen MR) is 159 cm³/mol. The molecule has 0 aliphatic carbocycles. The third kappa shape index (κ3) is 8.92. The molecule has 10 nitrogen and oxygen atoms in total. The maximum absolute atomic E-state index is 13.2. The number of nitrogens with zero attached hydrogens (tertiary/aromatic N) is 1. The number of rotatable bonds is 13. The Bertz CT molecular complexity index is 1370. The molecular weight excluding hydrogens is 552 g/mol. The number of carbonyl (C=O) groups is 3. The molecular formula is C28H31ClN6O4S. The standard InChI is InChI=1S/C28H31ClN6O4S/c1-32-25(36)15-35(40-17-18-6-4-3-5-7-18)23-11-21(10-22(29)13-23)28(38)34-14-20-9-8-19(27(30)31)12-24(20)39-16-26(37)33-2/h3-13H,14-17H2,1-2H3,(H3,30,31)(H,32,36)(H,33,37)(H,34,38). The lowest BCUT2D eigenvalue weighted by Gasteiger charge is -2.23. The van der Waals surface area contributed by atoms with Crippen LogP contribution < -0.4 is 30.7 Å². The number of hydrogen-bond acceptors (Lipinski definition) is 7. The van der Waals surface area contributed by atoms with Crippen LogP contribution in [0.2, 0.25) is 5.02 Å². The average Bonchev–Trinajstić information content (AvgIpc) is 2.96. The van der Waals surface area contributed by atoms with Crippen LogP contribution in [-0.2, 0) is 21.9 Å². The summed E-state index contributed by atoms with van der Waals surface area (Å²) in [7, 11) is 3.06. The largest absolute Gasteiger partial charge is 0.483 e. The van der Waals surface area contributed by atoms with E-state index in [9.17, 15) is 14.4 Å². The quantitative estimate of drug-likeness (QED) is 0.118. The second-order valence-corrected chi connectivity index (χ2v) is 9.97. The fourth-order valence-corrected chi connectivity index (χ4v) is 4.68. The fraction of sp³-hybridized carbons (Fsp3) is 0.214.